The Balaban J connectivity index is 1.52. The molecular weight excluding hydrogens is 372 g/mol. The minimum Gasteiger partial charge on any atom is -0.378 e. The molecule has 1 aromatic heterocycles. The van der Waals surface area contributed by atoms with Gasteiger partial charge < -0.3 is 9.64 Å². The maximum absolute atomic E-state index is 12.2. The summed E-state index contributed by atoms with van der Waals surface area (Å²) in [5, 5.41) is 7.13. The van der Waals surface area contributed by atoms with Crippen LogP contribution in [-0.2, 0) is 22.4 Å². The highest BCUT2D eigenvalue weighted by atomic mass is 32.1. The van der Waals surface area contributed by atoms with Gasteiger partial charge in [0.1, 0.15) is 0 Å². The largest absolute Gasteiger partial charge is 0.378 e. The molecule has 0 radical (unpaired) electrons. The number of rotatable bonds is 7. The highest BCUT2D eigenvalue weighted by Crippen LogP contribution is 2.21. The molecule has 1 fully saturated rings. The van der Waals surface area contributed by atoms with Gasteiger partial charge in [0.05, 0.1) is 31.0 Å². The van der Waals surface area contributed by atoms with Crippen molar-refractivity contribution in [3.8, 4) is 0 Å². The molecule has 150 valence electrons. The molecule has 0 atom stereocenters. The van der Waals surface area contributed by atoms with E-state index in [1.807, 2.05) is 12.3 Å². The molecule has 1 amide bonds. The summed E-state index contributed by atoms with van der Waals surface area (Å²) in [5.74, 6) is 0.476. The topological polar surface area (TPSA) is 66.8 Å². The number of carbonyl (C=O) groups excluding carboxylic acids is 1. The first-order valence-corrected chi connectivity index (χ1v) is 10.6. The Kier molecular flexibility index (Phi) is 7.17. The van der Waals surface area contributed by atoms with Crippen LogP contribution in [0.25, 0.3) is 0 Å². The molecule has 0 unspecified atom stereocenters. The second-order valence-corrected chi connectivity index (χ2v) is 8.26. The van der Waals surface area contributed by atoms with Crippen molar-refractivity contribution in [2.24, 2.45) is 11.0 Å². The van der Waals surface area contributed by atoms with Crippen LogP contribution in [-0.4, -0.2) is 42.9 Å². The zero-order valence-corrected chi connectivity index (χ0v) is 17.6. The fourth-order valence-corrected chi connectivity index (χ4v) is 3.92. The molecule has 0 bridgehead atoms. The number of aromatic nitrogens is 1. The minimum atomic E-state index is -0.158. The average molecular weight is 401 g/mol. The predicted octanol–water partition coefficient (Wildman–Crippen LogP) is 3.26. The van der Waals surface area contributed by atoms with E-state index >= 15 is 0 Å². The fourth-order valence-electron chi connectivity index (χ4n) is 3.05. The first-order valence-electron chi connectivity index (χ1n) is 9.71. The molecule has 1 N–H and O–H groups in total. The lowest BCUT2D eigenvalue weighted by molar-refractivity contribution is -0.120. The number of nitrogens with one attached hydrogen (secondary N) is 1. The quantitative estimate of drug-likeness (QED) is 0.572. The molecule has 2 aromatic rings. The van der Waals surface area contributed by atoms with Gasteiger partial charge in [0.15, 0.2) is 5.13 Å². The van der Waals surface area contributed by atoms with Gasteiger partial charge in [-0.25, -0.2) is 10.4 Å². The molecule has 1 saturated heterocycles. The molecule has 1 aliphatic heterocycles. The summed E-state index contributed by atoms with van der Waals surface area (Å²) >= 11 is 1.57. The fraction of sp³-hybridized carbons (Fsp3) is 0.476. The number of nitrogens with zero attached hydrogens (tertiary/aromatic N) is 3. The number of thiazole rings is 1. The van der Waals surface area contributed by atoms with Gasteiger partial charge in [0.25, 0.3) is 0 Å². The van der Waals surface area contributed by atoms with Gasteiger partial charge in [0, 0.05) is 18.5 Å². The molecule has 0 aliphatic carbocycles. The van der Waals surface area contributed by atoms with Crippen molar-refractivity contribution in [1.29, 1.82) is 0 Å². The van der Waals surface area contributed by atoms with E-state index in [2.05, 4.69) is 58.5 Å². The number of hydrazone groups is 1. The Morgan fingerprint density at radius 1 is 1.29 bits per heavy atom. The molecule has 28 heavy (non-hydrogen) atoms. The lowest BCUT2D eigenvalue weighted by Crippen LogP contribution is -2.36. The van der Waals surface area contributed by atoms with Crippen LogP contribution in [0.2, 0.25) is 0 Å². The lowest BCUT2D eigenvalue weighted by atomic mass is 10.0. The van der Waals surface area contributed by atoms with E-state index in [-0.39, 0.29) is 12.3 Å². The summed E-state index contributed by atoms with van der Waals surface area (Å²) in [6.07, 6.45) is 1.29. The lowest BCUT2D eigenvalue weighted by Gasteiger charge is -2.26. The standard InChI is InChI=1S/C21H28N4O2S/c1-15(2)12-17-4-6-18(7-5-17)16(3)23-24-20(26)13-19-14-28-21(22-19)25-8-10-27-11-9-25/h4-7,14-15H,8-13H2,1-3H3,(H,24,26)/b23-16-. The van der Waals surface area contributed by atoms with Crippen molar-refractivity contribution in [1.82, 2.24) is 10.4 Å². The number of carbonyl (C=O) groups is 1. The van der Waals surface area contributed by atoms with Crippen LogP contribution in [0.15, 0.2) is 34.7 Å². The number of benzene rings is 1. The molecular formula is C21H28N4O2S. The van der Waals surface area contributed by atoms with Crippen molar-refractivity contribution in [3.05, 3.63) is 46.5 Å². The number of morpholine rings is 1. The molecule has 3 rings (SSSR count). The Morgan fingerprint density at radius 2 is 2.00 bits per heavy atom. The van der Waals surface area contributed by atoms with Gasteiger partial charge in [-0.2, -0.15) is 5.10 Å². The summed E-state index contributed by atoms with van der Waals surface area (Å²) in [6, 6.07) is 8.35. The van der Waals surface area contributed by atoms with Gasteiger partial charge in [-0.05, 0) is 30.4 Å². The molecule has 1 aliphatic rings. The van der Waals surface area contributed by atoms with Crippen molar-refractivity contribution in [3.63, 3.8) is 0 Å². The van der Waals surface area contributed by atoms with Gasteiger partial charge in [-0.15, -0.1) is 11.3 Å². The number of hydrogen-bond acceptors (Lipinski definition) is 6. The van der Waals surface area contributed by atoms with Crippen LogP contribution in [0.1, 0.15) is 37.6 Å². The van der Waals surface area contributed by atoms with Crippen molar-refractivity contribution < 1.29 is 9.53 Å². The molecule has 0 saturated carbocycles. The smallest absolute Gasteiger partial charge is 0.246 e. The highest BCUT2D eigenvalue weighted by Gasteiger charge is 2.15. The number of amides is 1. The van der Waals surface area contributed by atoms with Crippen LogP contribution in [0, 0.1) is 5.92 Å². The Morgan fingerprint density at radius 3 is 2.68 bits per heavy atom. The van der Waals surface area contributed by atoms with E-state index in [0.717, 1.165) is 54.8 Å². The minimum absolute atomic E-state index is 0.158. The number of hydrogen-bond donors (Lipinski definition) is 1. The third-order valence-corrected chi connectivity index (χ3v) is 5.48. The number of anilines is 1. The summed E-state index contributed by atoms with van der Waals surface area (Å²) in [5.41, 5.74) is 6.53. The molecule has 1 aromatic carbocycles. The van der Waals surface area contributed by atoms with E-state index in [1.165, 1.54) is 5.56 Å². The molecule has 7 heteroatoms. The van der Waals surface area contributed by atoms with Crippen LogP contribution in [0.5, 0.6) is 0 Å². The van der Waals surface area contributed by atoms with Crippen molar-refractivity contribution in [2.45, 2.75) is 33.6 Å². The first kappa shape index (κ1) is 20.5. The summed E-state index contributed by atoms with van der Waals surface area (Å²) in [6.45, 7) is 9.46. The van der Waals surface area contributed by atoms with Gasteiger partial charge in [-0.1, -0.05) is 38.1 Å². The van der Waals surface area contributed by atoms with Crippen LogP contribution >= 0.6 is 11.3 Å². The van der Waals surface area contributed by atoms with E-state index in [9.17, 15) is 4.79 Å². The van der Waals surface area contributed by atoms with Gasteiger partial charge >= 0.3 is 0 Å². The Bertz CT molecular complexity index is 808. The van der Waals surface area contributed by atoms with E-state index < -0.39 is 0 Å². The van der Waals surface area contributed by atoms with E-state index in [0.29, 0.717) is 5.92 Å². The van der Waals surface area contributed by atoms with Gasteiger partial charge in [-0.3, -0.25) is 4.79 Å². The Labute approximate surface area is 170 Å². The second kappa shape index (κ2) is 9.80. The summed E-state index contributed by atoms with van der Waals surface area (Å²) < 4.78 is 5.36. The van der Waals surface area contributed by atoms with E-state index in [1.54, 1.807) is 11.3 Å². The third-order valence-electron chi connectivity index (χ3n) is 4.53. The van der Waals surface area contributed by atoms with Gasteiger partial charge in [0.2, 0.25) is 5.91 Å². The first-order chi connectivity index (χ1) is 13.5. The Hall–Kier alpha value is -2.25. The zero-order valence-electron chi connectivity index (χ0n) is 16.8. The van der Waals surface area contributed by atoms with Crippen LogP contribution in [0.3, 0.4) is 0 Å². The monoisotopic (exact) mass is 400 g/mol. The maximum Gasteiger partial charge on any atom is 0.246 e. The molecule has 6 nitrogen and oxygen atoms in total. The third kappa shape index (κ3) is 5.87. The highest BCUT2D eigenvalue weighted by molar-refractivity contribution is 7.13. The second-order valence-electron chi connectivity index (χ2n) is 7.42. The molecule has 2 heterocycles. The number of ether oxygens (including phenoxy) is 1. The van der Waals surface area contributed by atoms with Crippen LogP contribution < -0.4 is 10.3 Å². The zero-order chi connectivity index (χ0) is 19.9. The van der Waals surface area contributed by atoms with E-state index in [4.69, 9.17) is 4.74 Å². The predicted molar refractivity (Wildman–Crippen MR) is 114 cm³/mol. The van der Waals surface area contributed by atoms with Crippen molar-refractivity contribution >= 4 is 28.1 Å². The molecule has 0 spiro atoms. The summed E-state index contributed by atoms with van der Waals surface area (Å²) in [4.78, 5) is 19.0. The van der Waals surface area contributed by atoms with Crippen LogP contribution in [0.4, 0.5) is 5.13 Å². The van der Waals surface area contributed by atoms with Crippen molar-refractivity contribution in [2.75, 3.05) is 31.2 Å². The maximum atomic E-state index is 12.2. The SMILES string of the molecule is C/C(=N/NC(=O)Cc1csc(N2CCOCC2)n1)c1ccc(CC(C)C)cc1. The average Bonchev–Trinajstić information content (AvgIpc) is 3.15. The summed E-state index contributed by atoms with van der Waals surface area (Å²) in [7, 11) is 0. The normalized spacial score (nSPS) is 15.1.